The van der Waals surface area contributed by atoms with Crippen molar-refractivity contribution >= 4 is 44.2 Å². The van der Waals surface area contributed by atoms with Crippen LogP contribution in [0.1, 0.15) is 40.7 Å². The van der Waals surface area contributed by atoms with Gasteiger partial charge in [-0.3, -0.25) is 4.79 Å². The first kappa shape index (κ1) is 26.7. The van der Waals surface area contributed by atoms with Gasteiger partial charge in [0.05, 0.1) is 4.90 Å². The lowest BCUT2D eigenvalue weighted by atomic mass is 9.97. The molecule has 1 aliphatic heterocycles. The molecule has 1 aliphatic rings. The van der Waals surface area contributed by atoms with Gasteiger partial charge in [-0.2, -0.15) is 4.31 Å². The molecule has 1 N–H and O–H groups in total. The topological polar surface area (TPSA) is 92.3 Å². The SMILES string of the molecule is Cc1cc(C)c(C)c(S(=O)(=O)N2CCC(C(=O)Nc3nnc(SCc4ccccc4F)s3)CC2)c1C. The third-order valence-corrected chi connectivity index (χ3v) is 10.9. The molecule has 0 aliphatic carbocycles. The highest BCUT2D eigenvalue weighted by atomic mass is 32.2. The van der Waals surface area contributed by atoms with Crippen molar-refractivity contribution in [1.82, 2.24) is 14.5 Å². The fourth-order valence-electron chi connectivity index (χ4n) is 4.34. The molecule has 1 aromatic heterocycles. The number of thioether (sulfide) groups is 1. The zero-order valence-electron chi connectivity index (χ0n) is 20.7. The number of amides is 1. The summed E-state index contributed by atoms with van der Waals surface area (Å²) in [5, 5.41) is 11.3. The summed E-state index contributed by atoms with van der Waals surface area (Å²) in [6.45, 7) is 8.11. The molecule has 2 aromatic carbocycles. The Bertz CT molecular complexity index is 1360. The van der Waals surface area contributed by atoms with Crippen LogP contribution in [0.15, 0.2) is 39.6 Å². The van der Waals surface area contributed by atoms with E-state index < -0.39 is 10.0 Å². The van der Waals surface area contributed by atoms with Crippen LogP contribution in [0, 0.1) is 39.4 Å². The first-order valence-electron chi connectivity index (χ1n) is 11.7. The van der Waals surface area contributed by atoms with Gasteiger partial charge in [0.1, 0.15) is 5.82 Å². The van der Waals surface area contributed by atoms with Gasteiger partial charge in [-0.1, -0.05) is 47.4 Å². The lowest BCUT2D eigenvalue weighted by Gasteiger charge is -2.31. The van der Waals surface area contributed by atoms with E-state index in [0.717, 1.165) is 22.3 Å². The second-order valence-electron chi connectivity index (χ2n) is 9.01. The summed E-state index contributed by atoms with van der Waals surface area (Å²) >= 11 is 2.59. The molecule has 0 radical (unpaired) electrons. The van der Waals surface area contributed by atoms with Crippen LogP contribution in [-0.4, -0.2) is 41.9 Å². The maximum absolute atomic E-state index is 13.8. The molecule has 0 spiro atoms. The number of aromatic nitrogens is 2. The number of nitrogens with zero attached hydrogens (tertiary/aromatic N) is 3. The molecular formula is C25H29FN4O3S3. The highest BCUT2D eigenvalue weighted by Crippen LogP contribution is 2.32. The average Bonchev–Trinajstić information content (AvgIpc) is 3.29. The number of benzene rings is 2. The number of rotatable bonds is 7. The Balaban J connectivity index is 1.35. The zero-order valence-corrected chi connectivity index (χ0v) is 23.1. The molecule has 36 heavy (non-hydrogen) atoms. The smallest absolute Gasteiger partial charge is 0.243 e. The Labute approximate surface area is 219 Å². The maximum Gasteiger partial charge on any atom is 0.243 e. The summed E-state index contributed by atoms with van der Waals surface area (Å²) in [7, 11) is -3.65. The van der Waals surface area contributed by atoms with Crippen LogP contribution in [-0.2, 0) is 20.6 Å². The normalized spacial score (nSPS) is 15.2. The number of halogens is 1. The van der Waals surface area contributed by atoms with Crippen LogP contribution < -0.4 is 5.32 Å². The number of aryl methyl sites for hydroxylation is 2. The summed E-state index contributed by atoms with van der Waals surface area (Å²) in [6.07, 6.45) is 0.864. The molecule has 2 heterocycles. The predicted octanol–water partition coefficient (Wildman–Crippen LogP) is 5.24. The van der Waals surface area contributed by atoms with Crippen molar-refractivity contribution in [3.63, 3.8) is 0 Å². The third kappa shape index (κ3) is 5.64. The molecule has 1 fully saturated rings. The number of carbonyl (C=O) groups excluding carboxylic acids is 1. The quantitative estimate of drug-likeness (QED) is 0.321. The molecule has 0 atom stereocenters. The monoisotopic (exact) mass is 548 g/mol. The van der Waals surface area contributed by atoms with E-state index in [1.807, 2.05) is 33.8 Å². The third-order valence-electron chi connectivity index (χ3n) is 6.67. The Morgan fingerprint density at radius 3 is 2.39 bits per heavy atom. The van der Waals surface area contributed by atoms with E-state index in [2.05, 4.69) is 15.5 Å². The van der Waals surface area contributed by atoms with Crippen molar-refractivity contribution in [2.24, 2.45) is 5.92 Å². The molecular weight excluding hydrogens is 519 g/mol. The highest BCUT2D eigenvalue weighted by Gasteiger charge is 2.34. The molecule has 1 amide bonds. The standard InChI is InChI=1S/C25H29FN4O3S3/c1-15-13-16(2)18(4)22(17(15)3)36(32,33)30-11-9-19(10-12-30)23(31)27-24-28-29-25(35-24)34-14-20-7-5-6-8-21(20)26/h5-8,13,19H,9-12,14H2,1-4H3,(H,27,28,31). The molecule has 0 unspecified atom stereocenters. The van der Waals surface area contributed by atoms with E-state index in [-0.39, 0.29) is 30.7 Å². The Morgan fingerprint density at radius 2 is 1.75 bits per heavy atom. The summed E-state index contributed by atoms with van der Waals surface area (Å²) in [5.74, 6) is -0.343. The minimum Gasteiger partial charge on any atom is -0.300 e. The van der Waals surface area contributed by atoms with Crippen LogP contribution >= 0.6 is 23.1 Å². The van der Waals surface area contributed by atoms with Gasteiger partial charge in [0.25, 0.3) is 0 Å². The number of piperidine rings is 1. The van der Waals surface area contributed by atoms with Gasteiger partial charge in [-0.15, -0.1) is 10.2 Å². The second-order valence-corrected chi connectivity index (χ2v) is 13.1. The fourth-order valence-corrected chi connectivity index (χ4v) is 8.12. The van der Waals surface area contributed by atoms with E-state index >= 15 is 0 Å². The van der Waals surface area contributed by atoms with E-state index in [4.69, 9.17) is 0 Å². The van der Waals surface area contributed by atoms with Crippen molar-refractivity contribution in [2.75, 3.05) is 18.4 Å². The Morgan fingerprint density at radius 1 is 1.11 bits per heavy atom. The van der Waals surface area contributed by atoms with E-state index in [9.17, 15) is 17.6 Å². The van der Waals surface area contributed by atoms with Gasteiger partial charge >= 0.3 is 0 Å². The number of anilines is 1. The molecule has 11 heteroatoms. The number of hydrogen-bond acceptors (Lipinski definition) is 7. The van der Waals surface area contributed by atoms with E-state index in [1.54, 1.807) is 18.2 Å². The molecule has 1 saturated heterocycles. The average molecular weight is 549 g/mol. The van der Waals surface area contributed by atoms with Crippen LogP contribution in [0.2, 0.25) is 0 Å². The molecule has 0 saturated carbocycles. The fraction of sp³-hybridized carbons (Fsp3) is 0.400. The summed E-state index contributed by atoms with van der Waals surface area (Å²) in [4.78, 5) is 13.2. The van der Waals surface area contributed by atoms with Crippen LogP contribution in [0.25, 0.3) is 0 Å². The van der Waals surface area contributed by atoms with Crippen molar-refractivity contribution in [3.05, 3.63) is 64.0 Å². The van der Waals surface area contributed by atoms with Gasteiger partial charge in [-0.25, -0.2) is 12.8 Å². The van der Waals surface area contributed by atoms with Gasteiger partial charge in [0, 0.05) is 24.8 Å². The van der Waals surface area contributed by atoms with E-state index in [1.165, 1.54) is 33.5 Å². The Kier molecular flexibility index (Phi) is 8.13. The van der Waals surface area contributed by atoms with Gasteiger partial charge in [0.15, 0.2) is 4.34 Å². The maximum atomic E-state index is 13.8. The predicted molar refractivity (Wildman–Crippen MR) is 141 cm³/mol. The highest BCUT2D eigenvalue weighted by molar-refractivity contribution is 8.00. The number of nitrogens with one attached hydrogen (secondary N) is 1. The zero-order chi connectivity index (χ0) is 26.0. The molecule has 192 valence electrons. The van der Waals surface area contributed by atoms with Gasteiger partial charge < -0.3 is 5.32 Å². The van der Waals surface area contributed by atoms with Crippen molar-refractivity contribution < 1.29 is 17.6 Å². The number of hydrogen-bond donors (Lipinski definition) is 1. The summed E-state index contributed by atoms with van der Waals surface area (Å²) in [5.41, 5.74) is 4.04. The van der Waals surface area contributed by atoms with Crippen LogP contribution in [0.4, 0.5) is 9.52 Å². The van der Waals surface area contributed by atoms with Gasteiger partial charge in [0.2, 0.25) is 21.1 Å². The Hall–Kier alpha value is -2.34. The number of carbonyl (C=O) groups is 1. The molecule has 4 rings (SSSR count). The first-order chi connectivity index (χ1) is 17.1. The van der Waals surface area contributed by atoms with Crippen LogP contribution in [0.5, 0.6) is 0 Å². The minimum absolute atomic E-state index is 0.187. The van der Waals surface area contributed by atoms with Crippen molar-refractivity contribution in [2.45, 2.75) is 55.5 Å². The lowest BCUT2D eigenvalue weighted by Crippen LogP contribution is -2.41. The minimum atomic E-state index is -3.65. The number of sulfonamides is 1. The summed E-state index contributed by atoms with van der Waals surface area (Å²) < 4.78 is 42.9. The van der Waals surface area contributed by atoms with Crippen molar-refractivity contribution in [1.29, 1.82) is 0 Å². The largest absolute Gasteiger partial charge is 0.300 e. The second kappa shape index (κ2) is 11.0. The molecule has 0 bridgehead atoms. The van der Waals surface area contributed by atoms with Gasteiger partial charge in [-0.05, 0) is 74.4 Å². The summed E-state index contributed by atoms with van der Waals surface area (Å²) in [6, 6.07) is 8.58. The van der Waals surface area contributed by atoms with Crippen molar-refractivity contribution in [3.8, 4) is 0 Å². The van der Waals surface area contributed by atoms with Crippen LogP contribution in [0.3, 0.4) is 0 Å². The first-order valence-corrected chi connectivity index (χ1v) is 14.9. The lowest BCUT2D eigenvalue weighted by molar-refractivity contribution is -0.120. The van der Waals surface area contributed by atoms with E-state index in [0.29, 0.717) is 38.5 Å². The molecule has 3 aromatic rings. The molecule has 7 nitrogen and oxygen atoms in total.